The van der Waals surface area contributed by atoms with Crippen LogP contribution in [-0.2, 0) is 6.54 Å². The van der Waals surface area contributed by atoms with Crippen LogP contribution < -0.4 is 20.7 Å². The van der Waals surface area contributed by atoms with Gasteiger partial charge in [0.2, 0.25) is 5.82 Å². The van der Waals surface area contributed by atoms with Crippen LogP contribution in [0.25, 0.3) is 0 Å². The van der Waals surface area contributed by atoms with Crippen LogP contribution in [0.15, 0.2) is 60.8 Å². The number of aliphatic hydroxyl groups is 1. The number of aromatic nitrogens is 2. The minimum atomic E-state index is -4.82. The van der Waals surface area contributed by atoms with Crippen molar-refractivity contribution in [3.05, 3.63) is 72.2 Å². The van der Waals surface area contributed by atoms with Crippen LogP contribution in [0.2, 0.25) is 0 Å². The van der Waals surface area contributed by atoms with Gasteiger partial charge in [0.25, 0.3) is 5.91 Å². The summed E-state index contributed by atoms with van der Waals surface area (Å²) in [6.45, 7) is 1.67. The van der Waals surface area contributed by atoms with Gasteiger partial charge in [0, 0.05) is 24.5 Å². The molecule has 0 saturated heterocycles. The van der Waals surface area contributed by atoms with Gasteiger partial charge in [-0.3, -0.25) is 10.1 Å². The molecule has 2 aromatic carbocycles. The fraction of sp³-hybridized carbons (Fsp3) is 0.227. The number of nitrogens with one attached hydrogen (secondary N) is 3. The van der Waals surface area contributed by atoms with Gasteiger partial charge in [-0.2, -0.15) is 0 Å². The standard InChI is InChI=1S/C22H22F3N5O4/c1-14(13-31)26-20(32)19-28-18(12-30(19)11-15-5-3-2-4-6-15)29-21(33)27-16-7-9-17(10-8-16)34-22(23,24)25/h2-10,12,14,31H,11,13H2,1H3,(H,26,32)(H2,27,29,33). The Kier molecular flexibility index (Phi) is 7.74. The van der Waals surface area contributed by atoms with E-state index < -0.39 is 30.1 Å². The third-order valence-corrected chi connectivity index (χ3v) is 4.41. The lowest BCUT2D eigenvalue weighted by atomic mass is 10.2. The average molecular weight is 477 g/mol. The number of anilines is 2. The van der Waals surface area contributed by atoms with Crippen LogP contribution in [0.4, 0.5) is 29.5 Å². The number of imidazole rings is 1. The average Bonchev–Trinajstić information content (AvgIpc) is 3.16. The zero-order valence-corrected chi connectivity index (χ0v) is 18.0. The van der Waals surface area contributed by atoms with Gasteiger partial charge < -0.3 is 25.0 Å². The monoisotopic (exact) mass is 477 g/mol. The smallest absolute Gasteiger partial charge is 0.406 e. The van der Waals surface area contributed by atoms with E-state index in [1.165, 1.54) is 18.3 Å². The molecule has 0 bridgehead atoms. The van der Waals surface area contributed by atoms with Crippen LogP contribution in [-0.4, -0.2) is 45.6 Å². The third kappa shape index (κ3) is 7.24. The number of rotatable bonds is 8. The molecule has 0 spiro atoms. The molecule has 1 heterocycles. The van der Waals surface area contributed by atoms with E-state index in [9.17, 15) is 27.9 Å². The van der Waals surface area contributed by atoms with Gasteiger partial charge in [-0.15, -0.1) is 13.2 Å². The number of carbonyl (C=O) groups is 2. The normalized spacial score (nSPS) is 12.0. The molecule has 0 aliphatic carbocycles. The quantitative estimate of drug-likeness (QED) is 0.396. The van der Waals surface area contributed by atoms with Gasteiger partial charge >= 0.3 is 12.4 Å². The molecule has 3 rings (SSSR count). The van der Waals surface area contributed by atoms with Gasteiger partial charge in [-0.25, -0.2) is 9.78 Å². The summed E-state index contributed by atoms with van der Waals surface area (Å²) in [5.41, 5.74) is 1.10. The van der Waals surface area contributed by atoms with Gasteiger partial charge in [-0.05, 0) is 36.8 Å². The molecular formula is C22H22F3N5O4. The summed E-state index contributed by atoms with van der Waals surface area (Å²) in [7, 11) is 0. The van der Waals surface area contributed by atoms with E-state index in [1.807, 2.05) is 30.3 Å². The van der Waals surface area contributed by atoms with Gasteiger partial charge in [0.05, 0.1) is 6.61 Å². The number of halogens is 3. The third-order valence-electron chi connectivity index (χ3n) is 4.41. The Hall–Kier alpha value is -4.06. The zero-order chi connectivity index (χ0) is 24.7. The number of nitrogens with zero attached hydrogens (tertiary/aromatic N) is 2. The SMILES string of the molecule is CC(CO)NC(=O)c1nc(NC(=O)Nc2ccc(OC(F)(F)F)cc2)cn1Cc1ccccc1. The van der Waals surface area contributed by atoms with Crippen molar-refractivity contribution in [1.82, 2.24) is 14.9 Å². The summed E-state index contributed by atoms with van der Waals surface area (Å²) in [5, 5.41) is 16.8. The Labute approximate surface area is 192 Å². The number of benzene rings is 2. The number of alkyl halides is 3. The Balaban J connectivity index is 1.72. The topological polar surface area (TPSA) is 118 Å². The van der Waals surface area contributed by atoms with Crippen molar-refractivity contribution in [3.63, 3.8) is 0 Å². The maximum atomic E-state index is 12.6. The zero-order valence-electron chi connectivity index (χ0n) is 18.0. The van der Waals surface area contributed by atoms with Crippen molar-refractivity contribution in [1.29, 1.82) is 0 Å². The van der Waals surface area contributed by atoms with E-state index in [-0.39, 0.29) is 23.9 Å². The van der Waals surface area contributed by atoms with Crippen molar-refractivity contribution in [2.24, 2.45) is 0 Å². The Morgan fingerprint density at radius 3 is 2.38 bits per heavy atom. The second kappa shape index (κ2) is 10.7. The number of hydrogen-bond donors (Lipinski definition) is 4. The van der Waals surface area contributed by atoms with Gasteiger partial charge in [0.1, 0.15) is 5.75 Å². The molecule has 1 aromatic heterocycles. The number of urea groups is 1. The summed E-state index contributed by atoms with van der Waals surface area (Å²) in [6.07, 6.45) is -3.34. The molecule has 0 saturated carbocycles. The number of ether oxygens (including phenoxy) is 1. The molecule has 0 fully saturated rings. The van der Waals surface area contributed by atoms with Crippen molar-refractivity contribution in [2.45, 2.75) is 25.9 Å². The first-order valence-electron chi connectivity index (χ1n) is 10.1. The highest BCUT2D eigenvalue weighted by Crippen LogP contribution is 2.24. The molecule has 0 aliphatic heterocycles. The molecule has 1 unspecified atom stereocenters. The highest BCUT2D eigenvalue weighted by molar-refractivity contribution is 6.00. The number of carbonyl (C=O) groups excluding carboxylic acids is 2. The molecule has 3 aromatic rings. The van der Waals surface area contributed by atoms with Crippen molar-refractivity contribution in [3.8, 4) is 5.75 Å². The van der Waals surface area contributed by atoms with Crippen LogP contribution in [0.5, 0.6) is 5.75 Å². The molecule has 12 heteroatoms. The fourth-order valence-electron chi connectivity index (χ4n) is 2.91. The Morgan fingerprint density at radius 1 is 1.09 bits per heavy atom. The minimum absolute atomic E-state index is 0.0214. The molecule has 1 atom stereocenters. The fourth-order valence-corrected chi connectivity index (χ4v) is 2.91. The highest BCUT2D eigenvalue weighted by Gasteiger charge is 2.31. The van der Waals surface area contributed by atoms with Crippen LogP contribution in [0.1, 0.15) is 23.1 Å². The summed E-state index contributed by atoms with van der Waals surface area (Å²) in [6, 6.07) is 12.7. The lowest BCUT2D eigenvalue weighted by molar-refractivity contribution is -0.274. The molecule has 34 heavy (non-hydrogen) atoms. The predicted molar refractivity (Wildman–Crippen MR) is 118 cm³/mol. The van der Waals surface area contributed by atoms with E-state index in [2.05, 4.69) is 25.7 Å². The Bertz CT molecular complexity index is 1120. The van der Waals surface area contributed by atoms with E-state index in [1.54, 1.807) is 11.5 Å². The largest absolute Gasteiger partial charge is 0.573 e. The summed E-state index contributed by atoms with van der Waals surface area (Å²) >= 11 is 0. The first-order valence-corrected chi connectivity index (χ1v) is 10.1. The van der Waals surface area contributed by atoms with Gasteiger partial charge in [0.15, 0.2) is 5.82 Å². The number of hydrogen-bond acceptors (Lipinski definition) is 5. The number of aliphatic hydroxyl groups excluding tert-OH is 1. The molecule has 4 N–H and O–H groups in total. The van der Waals surface area contributed by atoms with Crippen molar-refractivity contribution in [2.75, 3.05) is 17.2 Å². The maximum Gasteiger partial charge on any atom is 0.573 e. The highest BCUT2D eigenvalue weighted by atomic mass is 19.4. The summed E-state index contributed by atoms with van der Waals surface area (Å²) < 4.78 is 42.1. The molecule has 180 valence electrons. The maximum absolute atomic E-state index is 12.6. The predicted octanol–water partition coefficient (Wildman–Crippen LogP) is 3.58. The van der Waals surface area contributed by atoms with E-state index >= 15 is 0 Å². The molecule has 9 nitrogen and oxygen atoms in total. The lowest BCUT2D eigenvalue weighted by Gasteiger charge is -2.11. The van der Waals surface area contributed by atoms with Crippen molar-refractivity contribution >= 4 is 23.4 Å². The van der Waals surface area contributed by atoms with Crippen LogP contribution >= 0.6 is 0 Å². The first-order chi connectivity index (χ1) is 16.1. The molecule has 0 aliphatic rings. The Morgan fingerprint density at radius 2 is 1.76 bits per heavy atom. The molecular weight excluding hydrogens is 455 g/mol. The number of amides is 3. The minimum Gasteiger partial charge on any atom is -0.406 e. The lowest BCUT2D eigenvalue weighted by Crippen LogP contribution is -2.36. The van der Waals surface area contributed by atoms with Crippen molar-refractivity contribution < 1.29 is 32.6 Å². The summed E-state index contributed by atoms with van der Waals surface area (Å²) in [4.78, 5) is 29.2. The second-order valence-corrected chi connectivity index (χ2v) is 7.27. The van der Waals surface area contributed by atoms with Gasteiger partial charge in [-0.1, -0.05) is 30.3 Å². The molecule has 0 radical (unpaired) electrons. The van der Waals surface area contributed by atoms with E-state index in [0.717, 1.165) is 17.7 Å². The van der Waals surface area contributed by atoms with Crippen LogP contribution in [0, 0.1) is 0 Å². The van der Waals surface area contributed by atoms with E-state index in [4.69, 9.17) is 0 Å². The summed E-state index contributed by atoms with van der Waals surface area (Å²) in [5.74, 6) is -0.863. The van der Waals surface area contributed by atoms with Crippen LogP contribution in [0.3, 0.4) is 0 Å². The molecule has 3 amide bonds. The van der Waals surface area contributed by atoms with E-state index in [0.29, 0.717) is 6.54 Å². The second-order valence-electron chi connectivity index (χ2n) is 7.27. The first kappa shape index (κ1) is 24.6.